The molecule has 36 valence electrons. The molecule has 0 heterocycles. The Morgan fingerprint density at radius 1 is 1.14 bits per heavy atom. The first kappa shape index (κ1) is 7.28. The molecule has 0 saturated heterocycles. The van der Waals surface area contributed by atoms with E-state index >= 15 is 0 Å². The Kier molecular flexibility index (Phi) is 6.53. The van der Waals surface area contributed by atoms with Gasteiger partial charge >= 0.3 is 55.3 Å². The molecule has 0 unspecified atom stereocenters. The van der Waals surface area contributed by atoms with Crippen molar-refractivity contribution in [2.24, 2.45) is 0 Å². The first-order chi connectivity index (χ1) is 3.41. The molecule has 0 aromatic heterocycles. The van der Waals surface area contributed by atoms with Crippen LogP contribution in [-0.4, -0.2) is 21.1 Å². The van der Waals surface area contributed by atoms with Gasteiger partial charge in [-0.3, -0.25) is 0 Å². The molecule has 0 radical (unpaired) electrons. The van der Waals surface area contributed by atoms with Crippen LogP contribution in [-0.2, 0) is 0 Å². The summed E-state index contributed by atoms with van der Waals surface area (Å²) in [5, 5.41) is 0. The van der Waals surface area contributed by atoms with E-state index in [1.807, 2.05) is 12.2 Å². The Labute approximate surface area is 55.5 Å². The molecular weight excluding hydrogens is 191 g/mol. The fraction of sp³-hybridized carbons (Fsp3) is 0.333. The maximum absolute atomic E-state index is 3.64. The molecule has 0 nitrogen and oxygen atoms in total. The average molecular weight is 201 g/mol. The monoisotopic (exact) mass is 202 g/mol. The summed E-state index contributed by atoms with van der Waals surface area (Å²) in [5.41, 5.74) is 0. The SMILES string of the molecule is C=C[CH2][Sn+2][CH2]C=C. The molecule has 1 heteroatoms. The number of allylic oxidation sites excluding steroid dienone is 2. The van der Waals surface area contributed by atoms with Crippen LogP contribution < -0.4 is 0 Å². The van der Waals surface area contributed by atoms with Crippen LogP contribution in [0.2, 0.25) is 8.87 Å². The van der Waals surface area contributed by atoms with Gasteiger partial charge in [0.15, 0.2) is 0 Å². The van der Waals surface area contributed by atoms with Gasteiger partial charge in [0.2, 0.25) is 0 Å². The zero-order valence-electron chi connectivity index (χ0n) is 4.48. The fourth-order valence-electron chi connectivity index (χ4n) is 0.287. The maximum atomic E-state index is 3.64. The summed E-state index contributed by atoms with van der Waals surface area (Å²) >= 11 is -0.0547. The predicted octanol–water partition coefficient (Wildman–Crippen LogP) is 1.90. The van der Waals surface area contributed by atoms with Crippen molar-refractivity contribution < 1.29 is 0 Å². The Morgan fingerprint density at radius 2 is 1.57 bits per heavy atom. The van der Waals surface area contributed by atoms with Crippen LogP contribution >= 0.6 is 0 Å². The van der Waals surface area contributed by atoms with E-state index in [4.69, 9.17) is 0 Å². The van der Waals surface area contributed by atoms with Gasteiger partial charge in [0.1, 0.15) is 0 Å². The third-order valence-electron chi connectivity index (χ3n) is 0.577. The fourth-order valence-corrected chi connectivity index (χ4v) is 1.93. The molecule has 0 spiro atoms. The summed E-state index contributed by atoms with van der Waals surface area (Å²) in [6, 6.07) is 0. The van der Waals surface area contributed by atoms with Gasteiger partial charge in [-0.2, -0.15) is 0 Å². The summed E-state index contributed by atoms with van der Waals surface area (Å²) in [7, 11) is 0. The molecule has 0 aliphatic carbocycles. The molecule has 0 bridgehead atoms. The van der Waals surface area contributed by atoms with Crippen molar-refractivity contribution in [1.29, 1.82) is 0 Å². The van der Waals surface area contributed by atoms with E-state index in [-0.39, 0.29) is 21.1 Å². The summed E-state index contributed by atoms with van der Waals surface area (Å²) < 4.78 is 2.57. The van der Waals surface area contributed by atoms with E-state index in [0.717, 1.165) is 0 Å². The van der Waals surface area contributed by atoms with Crippen molar-refractivity contribution in [3.63, 3.8) is 0 Å². The topological polar surface area (TPSA) is 0 Å². The summed E-state index contributed by atoms with van der Waals surface area (Å²) in [4.78, 5) is 0. The molecule has 0 aromatic carbocycles. The van der Waals surface area contributed by atoms with Gasteiger partial charge in [-0.05, 0) is 0 Å². The minimum absolute atomic E-state index is 0.0547. The Morgan fingerprint density at radius 3 is 1.86 bits per heavy atom. The van der Waals surface area contributed by atoms with Gasteiger partial charge < -0.3 is 0 Å². The Bertz CT molecular complexity index is 49.2. The Hall–Kier alpha value is 0.279. The first-order valence-corrected chi connectivity index (χ1v) is 6.38. The molecular formula is C6H10Sn+2. The molecule has 7 heavy (non-hydrogen) atoms. The van der Waals surface area contributed by atoms with E-state index in [1.165, 1.54) is 8.87 Å². The van der Waals surface area contributed by atoms with Gasteiger partial charge in [0.25, 0.3) is 0 Å². The van der Waals surface area contributed by atoms with Gasteiger partial charge in [0, 0.05) is 0 Å². The number of hydrogen-bond acceptors (Lipinski definition) is 0. The van der Waals surface area contributed by atoms with Crippen LogP contribution in [0.15, 0.2) is 25.3 Å². The van der Waals surface area contributed by atoms with Crippen LogP contribution in [0.4, 0.5) is 0 Å². The van der Waals surface area contributed by atoms with Crippen molar-refractivity contribution in [2.75, 3.05) is 0 Å². The van der Waals surface area contributed by atoms with E-state index in [9.17, 15) is 0 Å². The second kappa shape index (κ2) is 6.28. The molecule has 0 atom stereocenters. The normalized spacial score (nSPS) is 6.86. The van der Waals surface area contributed by atoms with Crippen LogP contribution in [0, 0.1) is 0 Å². The molecule has 0 saturated carbocycles. The standard InChI is InChI=1S/2C3H5.Sn/c2*1-3-2;/h2*3H,1-2H2;/q;;+2. The summed E-state index contributed by atoms with van der Waals surface area (Å²) in [5.74, 6) is 0. The minimum atomic E-state index is -0.0547. The molecule has 0 N–H and O–H groups in total. The van der Waals surface area contributed by atoms with Gasteiger partial charge in [-0.1, -0.05) is 0 Å². The number of hydrogen-bond donors (Lipinski definition) is 0. The first-order valence-electron chi connectivity index (χ1n) is 2.34. The molecule has 0 fully saturated rings. The zero-order valence-corrected chi connectivity index (χ0v) is 7.34. The van der Waals surface area contributed by atoms with Crippen LogP contribution in [0.25, 0.3) is 0 Å². The molecule has 0 aliphatic heterocycles. The quantitative estimate of drug-likeness (QED) is 0.370. The van der Waals surface area contributed by atoms with Crippen molar-refractivity contribution in [3.8, 4) is 0 Å². The molecule has 0 aliphatic rings. The van der Waals surface area contributed by atoms with E-state index in [2.05, 4.69) is 13.2 Å². The van der Waals surface area contributed by atoms with Crippen LogP contribution in [0.5, 0.6) is 0 Å². The molecule has 0 amide bonds. The molecule has 0 aromatic rings. The number of rotatable bonds is 4. The van der Waals surface area contributed by atoms with Crippen molar-refractivity contribution in [3.05, 3.63) is 25.3 Å². The van der Waals surface area contributed by atoms with E-state index in [1.54, 1.807) is 0 Å². The zero-order chi connectivity index (χ0) is 5.54. The van der Waals surface area contributed by atoms with Crippen molar-refractivity contribution >= 4 is 21.1 Å². The van der Waals surface area contributed by atoms with Crippen LogP contribution in [0.3, 0.4) is 0 Å². The van der Waals surface area contributed by atoms with Crippen molar-refractivity contribution in [2.45, 2.75) is 8.87 Å². The van der Waals surface area contributed by atoms with Gasteiger partial charge in [-0.25, -0.2) is 0 Å². The molecule has 0 rings (SSSR count). The second-order valence-corrected chi connectivity index (χ2v) is 4.99. The average Bonchev–Trinajstić information content (AvgIpc) is 1.69. The summed E-state index contributed by atoms with van der Waals surface area (Å²) in [6.07, 6.45) is 4.02. The van der Waals surface area contributed by atoms with Gasteiger partial charge in [0.05, 0.1) is 0 Å². The van der Waals surface area contributed by atoms with Crippen molar-refractivity contribution in [1.82, 2.24) is 0 Å². The van der Waals surface area contributed by atoms with E-state index < -0.39 is 0 Å². The van der Waals surface area contributed by atoms with Gasteiger partial charge in [-0.15, -0.1) is 0 Å². The summed E-state index contributed by atoms with van der Waals surface area (Å²) in [6.45, 7) is 7.28. The third kappa shape index (κ3) is 6.28. The van der Waals surface area contributed by atoms with E-state index in [0.29, 0.717) is 0 Å². The Balaban J connectivity index is 2.68. The second-order valence-electron chi connectivity index (χ2n) is 1.24. The third-order valence-corrected chi connectivity index (χ3v) is 3.87. The predicted molar refractivity (Wildman–Crippen MR) is 35.8 cm³/mol. The van der Waals surface area contributed by atoms with Crippen LogP contribution in [0.1, 0.15) is 0 Å².